The van der Waals surface area contributed by atoms with Crippen LogP contribution in [0.25, 0.3) is 22.2 Å². The molecule has 8 nitrogen and oxygen atoms in total. The van der Waals surface area contributed by atoms with Gasteiger partial charge in [-0.1, -0.05) is 29.8 Å². The fraction of sp³-hybridized carbons (Fsp3) is 0.333. The molecule has 156 valence electrons. The molecule has 1 fully saturated rings. The number of halogens is 1. The number of aliphatic carboxylic acids is 1. The first-order valence-electron chi connectivity index (χ1n) is 9.74. The van der Waals surface area contributed by atoms with Crippen molar-refractivity contribution in [3.8, 4) is 11.1 Å². The summed E-state index contributed by atoms with van der Waals surface area (Å²) in [6.45, 7) is -0.528. The number of hydrogen-bond donors (Lipinski definition) is 3. The Hall–Kier alpha value is -1.97. The molecule has 10 heteroatoms. The Bertz CT molecular complexity index is 1160. The normalized spacial score (nSPS) is 18.4. The van der Waals surface area contributed by atoms with Gasteiger partial charge in [0.2, 0.25) is 5.95 Å². The quantitative estimate of drug-likeness (QED) is 0.464. The molecule has 1 aliphatic carbocycles. The van der Waals surface area contributed by atoms with Crippen molar-refractivity contribution < 1.29 is 44.6 Å². The van der Waals surface area contributed by atoms with E-state index >= 15 is 0 Å². The van der Waals surface area contributed by atoms with Gasteiger partial charge in [0.15, 0.2) is 0 Å². The summed E-state index contributed by atoms with van der Waals surface area (Å²) < 4.78 is 1.13. The number of aromatic nitrogens is 3. The number of aliphatic hydroxyl groups is 1. The molecular weight excluding hydrogens is 431 g/mol. The van der Waals surface area contributed by atoms with Gasteiger partial charge in [0.05, 0.1) is 6.10 Å². The second-order valence-corrected chi connectivity index (χ2v) is 7.85. The number of carbonyl (C=O) groups is 1. The third-order valence-corrected chi connectivity index (χ3v) is 5.64. The van der Waals surface area contributed by atoms with Crippen molar-refractivity contribution in [3.63, 3.8) is 0 Å². The maximum atomic E-state index is 13.1. The Balaban J connectivity index is 0.00000272. The molecule has 4 rings (SSSR count). The van der Waals surface area contributed by atoms with Crippen molar-refractivity contribution in [3.05, 3.63) is 51.9 Å². The van der Waals surface area contributed by atoms with E-state index in [-0.39, 0.29) is 47.4 Å². The van der Waals surface area contributed by atoms with E-state index in [1.54, 1.807) is 36.5 Å². The number of rotatable bonds is 5. The minimum absolute atomic E-state index is 0. The summed E-state index contributed by atoms with van der Waals surface area (Å²) in [5, 5.41) is 23.2. The van der Waals surface area contributed by atoms with Gasteiger partial charge >= 0.3 is 35.5 Å². The number of carboxylic acids is 1. The van der Waals surface area contributed by atoms with Crippen LogP contribution in [-0.2, 0) is 11.3 Å². The monoisotopic (exact) mass is 451 g/mol. The average molecular weight is 452 g/mol. The van der Waals surface area contributed by atoms with Gasteiger partial charge in [-0.3, -0.25) is 14.2 Å². The summed E-state index contributed by atoms with van der Waals surface area (Å²) in [6, 6.07) is 8.66. The number of hydrogen-bond acceptors (Lipinski definition) is 6. The van der Waals surface area contributed by atoms with E-state index in [0.29, 0.717) is 40.3 Å². The number of nitrogens with one attached hydrogen (secondary N) is 1. The van der Waals surface area contributed by atoms with E-state index in [0.717, 1.165) is 17.4 Å². The Morgan fingerprint density at radius 2 is 1.90 bits per heavy atom. The molecule has 0 spiro atoms. The van der Waals surface area contributed by atoms with E-state index in [1.807, 2.05) is 0 Å². The predicted octanol–water partition coefficient (Wildman–Crippen LogP) is -0.0841. The fourth-order valence-corrected chi connectivity index (χ4v) is 4.02. The van der Waals surface area contributed by atoms with Gasteiger partial charge in [0.25, 0.3) is 5.56 Å². The molecule has 0 atom stereocenters. The molecule has 31 heavy (non-hydrogen) atoms. The van der Waals surface area contributed by atoms with Gasteiger partial charge in [0.1, 0.15) is 12.2 Å². The third-order valence-electron chi connectivity index (χ3n) is 5.31. The van der Waals surface area contributed by atoms with Crippen LogP contribution < -0.4 is 40.4 Å². The molecule has 2 heterocycles. The van der Waals surface area contributed by atoms with Gasteiger partial charge in [-0.05, 0) is 37.8 Å². The van der Waals surface area contributed by atoms with E-state index in [2.05, 4.69) is 15.3 Å². The summed E-state index contributed by atoms with van der Waals surface area (Å²) >= 11 is 6.26. The van der Waals surface area contributed by atoms with Gasteiger partial charge in [-0.15, -0.1) is 0 Å². The maximum absolute atomic E-state index is 13.1. The van der Waals surface area contributed by atoms with Gasteiger partial charge < -0.3 is 15.5 Å². The van der Waals surface area contributed by atoms with Crippen LogP contribution in [0.1, 0.15) is 25.7 Å². The summed E-state index contributed by atoms with van der Waals surface area (Å²) in [5.41, 5.74) is 0.572. The standard InChI is InChI=1S/C21H21ClN4O4.Na/c22-17-4-2-1-3-15(17)16-9-12-10-23-21(24-13-5-7-14(27)8-6-13)25-19(12)26(20(16)30)11-18(28)29;/h1-4,9-10,13-14,27H,5-8,11H2,(H,28,29)(H,23,24,25);/q;+1. The largest absolute Gasteiger partial charge is 1.00 e. The third kappa shape index (κ3) is 5.27. The number of anilines is 1. The second kappa shape index (κ2) is 10.1. The van der Waals surface area contributed by atoms with Crippen LogP contribution in [0.2, 0.25) is 5.02 Å². The number of benzene rings is 1. The zero-order valence-electron chi connectivity index (χ0n) is 17.1. The first-order chi connectivity index (χ1) is 14.4. The van der Waals surface area contributed by atoms with Crippen molar-refractivity contribution >= 4 is 34.6 Å². The van der Waals surface area contributed by atoms with E-state index in [9.17, 15) is 19.8 Å². The minimum Gasteiger partial charge on any atom is -0.480 e. The van der Waals surface area contributed by atoms with Crippen molar-refractivity contribution in [1.82, 2.24) is 14.5 Å². The van der Waals surface area contributed by atoms with Crippen molar-refractivity contribution in [2.75, 3.05) is 5.32 Å². The van der Waals surface area contributed by atoms with Crippen LogP contribution in [0.15, 0.2) is 41.3 Å². The Kier molecular flexibility index (Phi) is 7.72. The predicted molar refractivity (Wildman–Crippen MR) is 114 cm³/mol. The molecule has 0 bridgehead atoms. The molecule has 0 amide bonds. The zero-order valence-corrected chi connectivity index (χ0v) is 19.8. The molecular formula is C21H21ClN4NaO4+. The summed E-state index contributed by atoms with van der Waals surface area (Å²) in [6.07, 6.45) is 4.28. The van der Waals surface area contributed by atoms with E-state index in [1.165, 1.54) is 0 Å². The van der Waals surface area contributed by atoms with Crippen LogP contribution in [0.3, 0.4) is 0 Å². The molecule has 3 N–H and O–H groups in total. The van der Waals surface area contributed by atoms with E-state index in [4.69, 9.17) is 11.6 Å². The molecule has 0 radical (unpaired) electrons. The Morgan fingerprint density at radius 3 is 2.58 bits per heavy atom. The Morgan fingerprint density at radius 1 is 1.19 bits per heavy atom. The molecule has 0 unspecified atom stereocenters. The molecule has 1 saturated carbocycles. The maximum Gasteiger partial charge on any atom is 1.00 e. The summed E-state index contributed by atoms with van der Waals surface area (Å²) in [5.74, 6) is -0.822. The van der Waals surface area contributed by atoms with Crippen LogP contribution in [0, 0.1) is 0 Å². The molecule has 0 aliphatic heterocycles. The topological polar surface area (TPSA) is 117 Å². The second-order valence-electron chi connectivity index (χ2n) is 7.45. The van der Waals surface area contributed by atoms with Crippen molar-refractivity contribution in [2.45, 2.75) is 44.4 Å². The average Bonchev–Trinajstić information content (AvgIpc) is 2.72. The summed E-state index contributed by atoms with van der Waals surface area (Å²) in [4.78, 5) is 33.4. The van der Waals surface area contributed by atoms with Crippen molar-refractivity contribution in [1.29, 1.82) is 0 Å². The Labute approximate surface area is 205 Å². The number of pyridine rings is 1. The SMILES string of the molecule is O=C(O)Cn1c(=O)c(-c2ccccc2Cl)cc2cnc(NC3CCC(O)CC3)nc21.[Na+]. The molecule has 2 aromatic heterocycles. The number of nitrogens with zero attached hydrogens (tertiary/aromatic N) is 3. The van der Waals surface area contributed by atoms with Crippen LogP contribution in [0.4, 0.5) is 5.95 Å². The van der Waals surface area contributed by atoms with Gasteiger partial charge in [-0.25, -0.2) is 4.98 Å². The van der Waals surface area contributed by atoms with E-state index < -0.39 is 18.1 Å². The van der Waals surface area contributed by atoms with Gasteiger partial charge in [0, 0.05) is 33.8 Å². The van der Waals surface area contributed by atoms with Crippen LogP contribution in [-0.4, -0.2) is 42.9 Å². The molecule has 3 aromatic rings. The van der Waals surface area contributed by atoms with Gasteiger partial charge in [-0.2, -0.15) is 4.98 Å². The van der Waals surface area contributed by atoms with Crippen LogP contribution >= 0.6 is 11.6 Å². The van der Waals surface area contributed by atoms with Crippen LogP contribution in [0.5, 0.6) is 0 Å². The molecule has 1 aliphatic rings. The fourth-order valence-electron chi connectivity index (χ4n) is 3.79. The molecule has 1 aromatic carbocycles. The minimum atomic E-state index is -1.15. The van der Waals surface area contributed by atoms with Crippen molar-refractivity contribution in [2.24, 2.45) is 0 Å². The number of aliphatic hydroxyl groups excluding tert-OH is 1. The first-order valence-corrected chi connectivity index (χ1v) is 10.1. The zero-order chi connectivity index (χ0) is 21.3. The smallest absolute Gasteiger partial charge is 0.480 e. The number of carboxylic acid groups (broad SMARTS) is 1. The number of fused-ring (bicyclic) bond motifs is 1. The summed E-state index contributed by atoms with van der Waals surface area (Å²) in [7, 11) is 0. The first kappa shape index (κ1) is 23.7. The molecule has 0 saturated heterocycles.